The van der Waals surface area contributed by atoms with Crippen molar-refractivity contribution in [2.45, 2.75) is 6.92 Å². The van der Waals surface area contributed by atoms with Crippen molar-refractivity contribution >= 4 is 16.9 Å². The zero-order valence-electron chi connectivity index (χ0n) is 9.03. The van der Waals surface area contributed by atoms with Gasteiger partial charge >= 0.3 is 5.97 Å². The van der Waals surface area contributed by atoms with Crippen LogP contribution in [0.3, 0.4) is 0 Å². The van der Waals surface area contributed by atoms with Gasteiger partial charge in [-0.05, 0) is 30.5 Å². The lowest BCUT2D eigenvalue weighted by Gasteiger charge is -2.05. The first-order valence-corrected chi connectivity index (χ1v) is 5.15. The minimum Gasteiger partial charge on any atom is -0.482 e. The van der Waals surface area contributed by atoms with Crippen molar-refractivity contribution in [1.82, 2.24) is 4.98 Å². The normalized spacial score (nSPS) is 10.3. The quantitative estimate of drug-likeness (QED) is 0.801. The third kappa shape index (κ3) is 2.34. The number of carbonyl (C=O) groups is 1. The fourth-order valence-corrected chi connectivity index (χ4v) is 1.46. The molecule has 0 aliphatic heterocycles. The molecule has 4 heteroatoms. The number of hydrogen-bond acceptors (Lipinski definition) is 3. The lowest BCUT2D eigenvalue weighted by atomic mass is 10.2. The van der Waals surface area contributed by atoms with Crippen molar-refractivity contribution in [3.05, 3.63) is 30.5 Å². The first kappa shape index (κ1) is 10.5. The number of rotatable bonds is 4. The molecule has 0 saturated carbocycles. The van der Waals surface area contributed by atoms with Crippen LogP contribution >= 0.6 is 0 Å². The van der Waals surface area contributed by atoms with E-state index in [1.165, 1.54) is 0 Å². The van der Waals surface area contributed by atoms with Crippen LogP contribution in [0.2, 0.25) is 0 Å². The summed E-state index contributed by atoms with van der Waals surface area (Å²) in [4.78, 5) is 14.2. The first-order valence-electron chi connectivity index (χ1n) is 5.15. The molecule has 84 valence electrons. The number of aromatic nitrogens is 1. The zero-order valence-corrected chi connectivity index (χ0v) is 9.03. The Morgan fingerprint density at radius 2 is 2.25 bits per heavy atom. The number of nitrogens with one attached hydrogen (secondary N) is 1. The van der Waals surface area contributed by atoms with Crippen molar-refractivity contribution in [2.24, 2.45) is 0 Å². The molecule has 0 atom stereocenters. The second-order valence-electron chi connectivity index (χ2n) is 3.32. The highest BCUT2D eigenvalue weighted by atomic mass is 16.6. The number of carbonyl (C=O) groups excluding carboxylic acids is 1. The molecule has 16 heavy (non-hydrogen) atoms. The first-order chi connectivity index (χ1) is 7.79. The molecule has 0 saturated heterocycles. The molecule has 0 spiro atoms. The largest absolute Gasteiger partial charge is 0.482 e. The summed E-state index contributed by atoms with van der Waals surface area (Å²) < 4.78 is 10.1. The van der Waals surface area contributed by atoms with Gasteiger partial charge in [-0.1, -0.05) is 0 Å². The van der Waals surface area contributed by atoms with Crippen LogP contribution in [0.4, 0.5) is 0 Å². The number of H-pyrrole nitrogens is 1. The summed E-state index contributed by atoms with van der Waals surface area (Å²) in [7, 11) is 0. The molecule has 1 N–H and O–H groups in total. The summed E-state index contributed by atoms with van der Waals surface area (Å²) in [5.74, 6) is 0.303. The van der Waals surface area contributed by atoms with Crippen LogP contribution in [-0.4, -0.2) is 24.2 Å². The Balaban J connectivity index is 2.01. The average molecular weight is 219 g/mol. The predicted molar refractivity (Wildman–Crippen MR) is 60.4 cm³/mol. The van der Waals surface area contributed by atoms with E-state index >= 15 is 0 Å². The molecule has 0 amide bonds. The van der Waals surface area contributed by atoms with Gasteiger partial charge in [-0.2, -0.15) is 0 Å². The van der Waals surface area contributed by atoms with Gasteiger partial charge < -0.3 is 14.5 Å². The lowest BCUT2D eigenvalue weighted by Crippen LogP contribution is -2.14. The van der Waals surface area contributed by atoms with Crippen LogP contribution in [0.25, 0.3) is 10.9 Å². The molecular weight excluding hydrogens is 206 g/mol. The molecule has 0 unspecified atom stereocenters. The fourth-order valence-electron chi connectivity index (χ4n) is 1.46. The summed E-state index contributed by atoms with van der Waals surface area (Å²) in [5.41, 5.74) is 0.987. The monoisotopic (exact) mass is 219 g/mol. The molecule has 1 aromatic heterocycles. The molecule has 0 fully saturated rings. The zero-order chi connectivity index (χ0) is 11.4. The summed E-state index contributed by atoms with van der Waals surface area (Å²) in [6.07, 6.45) is 1.86. The molecule has 0 aliphatic carbocycles. The highest BCUT2D eigenvalue weighted by Crippen LogP contribution is 2.19. The highest BCUT2D eigenvalue weighted by molar-refractivity contribution is 5.80. The smallest absolute Gasteiger partial charge is 0.344 e. The van der Waals surface area contributed by atoms with Gasteiger partial charge in [0.05, 0.1) is 6.61 Å². The molecular formula is C12H13NO3. The van der Waals surface area contributed by atoms with Crippen LogP contribution in [0.15, 0.2) is 30.5 Å². The van der Waals surface area contributed by atoms with Gasteiger partial charge in [0, 0.05) is 17.8 Å². The maximum absolute atomic E-state index is 11.1. The fraction of sp³-hybridized carbons (Fsp3) is 0.250. The summed E-state index contributed by atoms with van der Waals surface area (Å²) >= 11 is 0. The Morgan fingerprint density at radius 3 is 3.06 bits per heavy atom. The van der Waals surface area contributed by atoms with Crippen LogP contribution in [0.5, 0.6) is 5.75 Å². The second kappa shape index (κ2) is 4.70. The minimum atomic E-state index is -0.353. The SMILES string of the molecule is CCOC(=O)COc1ccc2cc[nH]c2c1. The minimum absolute atomic E-state index is 0.0555. The summed E-state index contributed by atoms with van der Waals surface area (Å²) in [6.45, 7) is 2.08. The topological polar surface area (TPSA) is 51.3 Å². The van der Waals surface area contributed by atoms with Gasteiger partial charge in [-0.25, -0.2) is 4.79 Å². The van der Waals surface area contributed by atoms with Crippen LogP contribution < -0.4 is 4.74 Å². The number of hydrogen-bond donors (Lipinski definition) is 1. The molecule has 1 aromatic carbocycles. The Bertz CT molecular complexity index is 490. The predicted octanol–water partition coefficient (Wildman–Crippen LogP) is 2.11. The van der Waals surface area contributed by atoms with E-state index in [-0.39, 0.29) is 12.6 Å². The van der Waals surface area contributed by atoms with E-state index in [4.69, 9.17) is 9.47 Å². The number of ether oxygens (including phenoxy) is 2. The Labute approximate surface area is 93.2 Å². The van der Waals surface area contributed by atoms with E-state index < -0.39 is 0 Å². The van der Waals surface area contributed by atoms with Crippen molar-refractivity contribution in [2.75, 3.05) is 13.2 Å². The average Bonchev–Trinajstić information content (AvgIpc) is 2.74. The molecule has 2 rings (SSSR count). The van der Waals surface area contributed by atoms with E-state index in [9.17, 15) is 4.79 Å². The molecule has 0 radical (unpaired) electrons. The third-order valence-corrected chi connectivity index (χ3v) is 2.19. The van der Waals surface area contributed by atoms with Gasteiger partial charge in [0.25, 0.3) is 0 Å². The maximum Gasteiger partial charge on any atom is 0.344 e. The second-order valence-corrected chi connectivity index (χ2v) is 3.32. The Hall–Kier alpha value is -1.97. The molecule has 0 aliphatic rings. The van der Waals surface area contributed by atoms with Crippen LogP contribution in [0, 0.1) is 0 Å². The summed E-state index contributed by atoms with van der Waals surface area (Å²) in [5, 5.41) is 1.11. The maximum atomic E-state index is 11.1. The number of aromatic amines is 1. The number of esters is 1. The number of benzene rings is 1. The van der Waals surface area contributed by atoms with Crippen molar-refractivity contribution < 1.29 is 14.3 Å². The van der Waals surface area contributed by atoms with Gasteiger partial charge in [0.1, 0.15) is 5.75 Å². The van der Waals surface area contributed by atoms with E-state index in [0.29, 0.717) is 12.4 Å². The van der Waals surface area contributed by atoms with Crippen LogP contribution in [-0.2, 0) is 9.53 Å². The Morgan fingerprint density at radius 1 is 1.38 bits per heavy atom. The van der Waals surface area contributed by atoms with E-state index in [2.05, 4.69) is 4.98 Å². The third-order valence-electron chi connectivity index (χ3n) is 2.19. The standard InChI is InChI=1S/C12H13NO3/c1-2-15-12(14)8-16-10-4-3-9-5-6-13-11(9)7-10/h3-7,13H,2,8H2,1H3. The van der Waals surface area contributed by atoms with Gasteiger partial charge in [-0.3, -0.25) is 0 Å². The van der Waals surface area contributed by atoms with Crippen molar-refractivity contribution in [1.29, 1.82) is 0 Å². The number of fused-ring (bicyclic) bond motifs is 1. The lowest BCUT2D eigenvalue weighted by molar-refractivity contribution is -0.145. The molecule has 2 aromatic rings. The van der Waals surface area contributed by atoms with Crippen molar-refractivity contribution in [3.63, 3.8) is 0 Å². The van der Waals surface area contributed by atoms with Crippen molar-refractivity contribution in [3.8, 4) is 5.75 Å². The van der Waals surface area contributed by atoms with E-state index in [1.807, 2.05) is 30.5 Å². The molecule has 4 nitrogen and oxygen atoms in total. The van der Waals surface area contributed by atoms with Crippen LogP contribution in [0.1, 0.15) is 6.92 Å². The van der Waals surface area contributed by atoms with Gasteiger partial charge in [0.2, 0.25) is 0 Å². The van der Waals surface area contributed by atoms with Gasteiger partial charge in [-0.15, -0.1) is 0 Å². The highest BCUT2D eigenvalue weighted by Gasteiger charge is 2.03. The van der Waals surface area contributed by atoms with Gasteiger partial charge in [0.15, 0.2) is 6.61 Å². The Kier molecular flexibility index (Phi) is 3.10. The molecule has 0 bridgehead atoms. The molecule has 1 heterocycles. The van der Waals surface area contributed by atoms with E-state index in [0.717, 1.165) is 10.9 Å². The summed E-state index contributed by atoms with van der Waals surface area (Å²) in [6, 6.07) is 7.60. The van der Waals surface area contributed by atoms with E-state index in [1.54, 1.807) is 6.92 Å².